The van der Waals surface area contributed by atoms with Crippen LogP contribution in [0.2, 0.25) is 0 Å². The third kappa shape index (κ3) is 3.67. The average molecular weight is 328 g/mol. The van der Waals surface area contributed by atoms with E-state index in [1.807, 2.05) is 19.1 Å². The van der Waals surface area contributed by atoms with Gasteiger partial charge in [0, 0.05) is 17.7 Å². The number of likely N-dealkylation sites (tertiary alicyclic amines) is 1. The first kappa shape index (κ1) is 16.7. The molecule has 0 aliphatic carbocycles. The lowest BCUT2D eigenvalue weighted by Gasteiger charge is -2.33. The van der Waals surface area contributed by atoms with Gasteiger partial charge in [0.1, 0.15) is 6.04 Å². The summed E-state index contributed by atoms with van der Waals surface area (Å²) in [6.45, 7) is 5.87. The van der Waals surface area contributed by atoms with Crippen LogP contribution in [0.15, 0.2) is 35.0 Å². The predicted molar refractivity (Wildman–Crippen MR) is 91.4 cm³/mol. The molecular formula is C19H24N2O3. The number of aryl methyl sites for hydroxylation is 1. The van der Waals surface area contributed by atoms with E-state index in [0.717, 1.165) is 42.7 Å². The molecule has 0 bridgehead atoms. The van der Waals surface area contributed by atoms with E-state index in [4.69, 9.17) is 9.26 Å². The molecule has 0 amide bonds. The molecule has 5 nitrogen and oxygen atoms in total. The molecule has 1 aliphatic heterocycles. The number of rotatable bonds is 5. The van der Waals surface area contributed by atoms with Gasteiger partial charge in [-0.1, -0.05) is 35.3 Å². The molecule has 24 heavy (non-hydrogen) atoms. The van der Waals surface area contributed by atoms with Gasteiger partial charge in [0.25, 0.3) is 0 Å². The van der Waals surface area contributed by atoms with Crippen LogP contribution in [-0.2, 0) is 16.1 Å². The van der Waals surface area contributed by atoms with Gasteiger partial charge < -0.3 is 9.26 Å². The number of hydrogen-bond acceptors (Lipinski definition) is 5. The topological polar surface area (TPSA) is 55.6 Å². The molecule has 1 aromatic carbocycles. The van der Waals surface area contributed by atoms with Crippen molar-refractivity contribution in [2.75, 3.05) is 13.2 Å². The van der Waals surface area contributed by atoms with Crippen molar-refractivity contribution in [3.63, 3.8) is 0 Å². The molecule has 1 atom stereocenters. The second kappa shape index (κ2) is 7.62. The lowest BCUT2D eigenvalue weighted by atomic mass is 10.0. The van der Waals surface area contributed by atoms with Crippen molar-refractivity contribution in [1.29, 1.82) is 0 Å². The van der Waals surface area contributed by atoms with Crippen LogP contribution in [0.25, 0.3) is 11.3 Å². The number of piperidine rings is 1. The Balaban J connectivity index is 1.80. The highest BCUT2D eigenvalue weighted by Gasteiger charge is 2.30. The normalized spacial score (nSPS) is 18.5. The van der Waals surface area contributed by atoms with Gasteiger partial charge in [0.05, 0.1) is 12.8 Å². The van der Waals surface area contributed by atoms with Gasteiger partial charge in [-0.3, -0.25) is 9.69 Å². The molecule has 0 unspecified atom stereocenters. The van der Waals surface area contributed by atoms with E-state index in [0.29, 0.717) is 13.2 Å². The molecule has 1 fully saturated rings. The summed E-state index contributed by atoms with van der Waals surface area (Å²) in [5, 5.41) is 3.98. The fourth-order valence-electron chi connectivity index (χ4n) is 3.30. The molecular weight excluding hydrogens is 304 g/mol. The Kier molecular flexibility index (Phi) is 5.30. The standard InChI is InChI=1S/C19H24N2O3/c1-3-23-19(22)17-9-4-5-10-21(17)13-16-12-20-24-18(16)15-8-6-7-14(2)11-15/h6-8,11-12,17H,3-5,9-10,13H2,1-2H3/t17-/m0/s1. The largest absolute Gasteiger partial charge is 0.465 e. The second-order valence-corrected chi connectivity index (χ2v) is 6.28. The van der Waals surface area contributed by atoms with E-state index in [9.17, 15) is 4.79 Å². The van der Waals surface area contributed by atoms with Crippen molar-refractivity contribution in [3.8, 4) is 11.3 Å². The average Bonchev–Trinajstić information content (AvgIpc) is 3.04. The van der Waals surface area contributed by atoms with Crippen LogP contribution in [0.3, 0.4) is 0 Å². The predicted octanol–water partition coefficient (Wildman–Crippen LogP) is 3.57. The minimum Gasteiger partial charge on any atom is -0.465 e. The Morgan fingerprint density at radius 2 is 2.29 bits per heavy atom. The Labute approximate surface area is 142 Å². The van der Waals surface area contributed by atoms with E-state index in [-0.39, 0.29) is 12.0 Å². The maximum Gasteiger partial charge on any atom is 0.323 e. The van der Waals surface area contributed by atoms with E-state index in [1.54, 1.807) is 6.20 Å². The van der Waals surface area contributed by atoms with Gasteiger partial charge in [-0.25, -0.2) is 0 Å². The zero-order chi connectivity index (χ0) is 16.9. The maximum absolute atomic E-state index is 12.2. The number of hydrogen-bond donors (Lipinski definition) is 0. The van der Waals surface area contributed by atoms with Crippen molar-refractivity contribution in [1.82, 2.24) is 10.1 Å². The zero-order valence-corrected chi connectivity index (χ0v) is 14.3. The molecule has 2 aromatic rings. The first-order valence-electron chi connectivity index (χ1n) is 8.60. The van der Waals surface area contributed by atoms with E-state index < -0.39 is 0 Å². The molecule has 0 radical (unpaired) electrons. The SMILES string of the molecule is CCOC(=O)[C@@H]1CCCCN1Cc1cnoc1-c1cccc(C)c1. The van der Waals surface area contributed by atoms with E-state index >= 15 is 0 Å². The molecule has 1 aromatic heterocycles. The molecule has 5 heteroatoms. The second-order valence-electron chi connectivity index (χ2n) is 6.28. The van der Waals surface area contributed by atoms with Crippen LogP contribution in [-0.4, -0.2) is 35.2 Å². The number of benzene rings is 1. The van der Waals surface area contributed by atoms with Crippen molar-refractivity contribution < 1.29 is 14.1 Å². The summed E-state index contributed by atoms with van der Waals surface area (Å²) in [5.41, 5.74) is 3.21. The minimum atomic E-state index is -0.168. The third-order valence-electron chi connectivity index (χ3n) is 4.47. The van der Waals surface area contributed by atoms with Crippen LogP contribution in [0, 0.1) is 6.92 Å². The smallest absolute Gasteiger partial charge is 0.323 e. The summed E-state index contributed by atoms with van der Waals surface area (Å²) in [4.78, 5) is 14.4. The zero-order valence-electron chi connectivity index (χ0n) is 14.3. The molecule has 0 spiro atoms. The number of aromatic nitrogens is 1. The van der Waals surface area contributed by atoms with E-state index in [2.05, 4.69) is 29.1 Å². The molecule has 128 valence electrons. The first-order chi connectivity index (χ1) is 11.7. The Morgan fingerprint density at radius 3 is 3.08 bits per heavy atom. The van der Waals surface area contributed by atoms with Crippen LogP contribution in [0.4, 0.5) is 0 Å². The minimum absolute atomic E-state index is 0.120. The summed E-state index contributed by atoms with van der Waals surface area (Å²) in [7, 11) is 0. The van der Waals surface area contributed by atoms with E-state index in [1.165, 1.54) is 5.56 Å². The Bertz CT molecular complexity index is 695. The summed E-state index contributed by atoms with van der Waals surface area (Å²) in [6, 6.07) is 8.01. The van der Waals surface area contributed by atoms with Gasteiger partial charge >= 0.3 is 5.97 Å². The summed E-state index contributed by atoms with van der Waals surface area (Å²) in [5.74, 6) is 0.664. The van der Waals surface area contributed by atoms with Crippen molar-refractivity contribution >= 4 is 5.97 Å². The van der Waals surface area contributed by atoms with Gasteiger partial charge in [0.2, 0.25) is 0 Å². The monoisotopic (exact) mass is 328 g/mol. The number of esters is 1. The van der Waals surface area contributed by atoms with Gasteiger partial charge in [0.15, 0.2) is 5.76 Å². The molecule has 1 saturated heterocycles. The van der Waals surface area contributed by atoms with Gasteiger partial charge in [-0.15, -0.1) is 0 Å². The molecule has 3 rings (SSSR count). The quantitative estimate of drug-likeness (QED) is 0.785. The lowest BCUT2D eigenvalue weighted by Crippen LogP contribution is -2.44. The van der Waals surface area contributed by atoms with Crippen LogP contribution >= 0.6 is 0 Å². The van der Waals surface area contributed by atoms with Crippen LogP contribution in [0.5, 0.6) is 0 Å². The molecule has 2 heterocycles. The highest BCUT2D eigenvalue weighted by molar-refractivity contribution is 5.76. The number of nitrogens with zero attached hydrogens (tertiary/aromatic N) is 2. The Morgan fingerprint density at radius 1 is 1.42 bits per heavy atom. The number of carbonyl (C=O) groups is 1. The van der Waals surface area contributed by atoms with Gasteiger partial charge in [-0.05, 0) is 39.3 Å². The third-order valence-corrected chi connectivity index (χ3v) is 4.47. The van der Waals surface area contributed by atoms with Crippen LogP contribution < -0.4 is 0 Å². The lowest BCUT2D eigenvalue weighted by molar-refractivity contribution is -0.151. The van der Waals surface area contributed by atoms with Crippen molar-refractivity contribution in [2.45, 2.75) is 45.7 Å². The summed E-state index contributed by atoms with van der Waals surface area (Å²) >= 11 is 0. The summed E-state index contributed by atoms with van der Waals surface area (Å²) in [6.07, 6.45) is 4.77. The number of carbonyl (C=O) groups excluding carboxylic acids is 1. The van der Waals surface area contributed by atoms with Gasteiger partial charge in [-0.2, -0.15) is 0 Å². The molecule has 0 saturated carbocycles. The van der Waals surface area contributed by atoms with Crippen molar-refractivity contribution in [3.05, 3.63) is 41.6 Å². The molecule has 0 N–H and O–H groups in total. The molecule has 1 aliphatic rings. The number of ether oxygens (including phenoxy) is 1. The first-order valence-corrected chi connectivity index (χ1v) is 8.60. The fourth-order valence-corrected chi connectivity index (χ4v) is 3.30. The summed E-state index contributed by atoms with van der Waals surface area (Å²) < 4.78 is 10.7. The van der Waals surface area contributed by atoms with Crippen LogP contribution in [0.1, 0.15) is 37.3 Å². The highest BCUT2D eigenvalue weighted by atomic mass is 16.5. The van der Waals surface area contributed by atoms with Crippen molar-refractivity contribution in [2.24, 2.45) is 0 Å². The highest BCUT2D eigenvalue weighted by Crippen LogP contribution is 2.28. The fraction of sp³-hybridized carbons (Fsp3) is 0.474. The maximum atomic E-state index is 12.2. The Hall–Kier alpha value is -2.14.